The summed E-state index contributed by atoms with van der Waals surface area (Å²) in [6.45, 7) is 4.75. The first-order valence-electron chi connectivity index (χ1n) is 10.3. The summed E-state index contributed by atoms with van der Waals surface area (Å²) >= 11 is 0. The largest absolute Gasteiger partial charge is 0.398 e. The number of hydrogen-bond donors (Lipinski definition) is 1. The Morgan fingerprint density at radius 1 is 0.897 bits per heavy atom. The summed E-state index contributed by atoms with van der Waals surface area (Å²) in [5.74, 6) is 0.526. The summed E-state index contributed by atoms with van der Waals surface area (Å²) in [7, 11) is 0. The van der Waals surface area contributed by atoms with Gasteiger partial charge in [0.05, 0.1) is 0 Å². The molecule has 1 nitrogen and oxygen atoms in total. The van der Waals surface area contributed by atoms with Crippen molar-refractivity contribution in [2.75, 3.05) is 0 Å². The second-order valence-corrected chi connectivity index (χ2v) is 8.63. The highest BCUT2D eigenvalue weighted by atomic mass is 14.6. The summed E-state index contributed by atoms with van der Waals surface area (Å²) < 4.78 is 0. The Balaban J connectivity index is 1.59. The molecule has 1 heteroatoms. The lowest BCUT2D eigenvalue weighted by Crippen LogP contribution is -2.24. The Morgan fingerprint density at radius 3 is 2.48 bits per heavy atom. The summed E-state index contributed by atoms with van der Waals surface area (Å²) in [6.07, 6.45) is 12.0. The van der Waals surface area contributed by atoms with E-state index in [2.05, 4.69) is 92.4 Å². The van der Waals surface area contributed by atoms with Gasteiger partial charge in [-0.25, -0.2) is 0 Å². The van der Waals surface area contributed by atoms with Crippen LogP contribution in [0.5, 0.6) is 0 Å². The molecule has 3 aliphatic carbocycles. The lowest BCUT2D eigenvalue weighted by Gasteiger charge is -2.30. The molecule has 29 heavy (non-hydrogen) atoms. The predicted molar refractivity (Wildman–Crippen MR) is 122 cm³/mol. The number of hydrogen-bond acceptors (Lipinski definition) is 1. The highest BCUT2D eigenvalue weighted by Crippen LogP contribution is 2.53. The molecule has 2 N–H and O–H groups in total. The van der Waals surface area contributed by atoms with Gasteiger partial charge in [-0.05, 0) is 63.3 Å². The van der Waals surface area contributed by atoms with E-state index < -0.39 is 0 Å². The summed E-state index contributed by atoms with van der Waals surface area (Å²) in [4.78, 5) is 0. The molecule has 0 radical (unpaired) electrons. The third kappa shape index (κ3) is 2.95. The van der Waals surface area contributed by atoms with E-state index in [0.29, 0.717) is 5.92 Å². The highest BCUT2D eigenvalue weighted by Gasteiger charge is 2.43. The minimum Gasteiger partial charge on any atom is -0.398 e. The molecule has 0 fully saturated rings. The quantitative estimate of drug-likeness (QED) is 0.610. The summed E-state index contributed by atoms with van der Waals surface area (Å²) in [6, 6.07) is 19.3. The zero-order valence-corrected chi connectivity index (χ0v) is 16.9. The number of fused-ring (bicyclic) bond motifs is 3. The van der Waals surface area contributed by atoms with Crippen molar-refractivity contribution < 1.29 is 0 Å². The van der Waals surface area contributed by atoms with Gasteiger partial charge in [-0.1, -0.05) is 80.6 Å². The van der Waals surface area contributed by atoms with Crippen molar-refractivity contribution in [1.29, 1.82) is 0 Å². The minimum absolute atomic E-state index is 0.161. The van der Waals surface area contributed by atoms with E-state index in [1.807, 2.05) is 12.1 Å². The Morgan fingerprint density at radius 2 is 1.66 bits per heavy atom. The molecule has 0 amide bonds. The fraction of sp³-hybridized carbons (Fsp3) is 0.179. The van der Waals surface area contributed by atoms with E-state index in [0.717, 1.165) is 28.8 Å². The fourth-order valence-corrected chi connectivity index (χ4v) is 4.91. The van der Waals surface area contributed by atoms with Crippen LogP contribution in [0.25, 0.3) is 11.1 Å². The molecule has 0 heterocycles. The molecule has 142 valence electrons. The zero-order chi connectivity index (χ0) is 20.0. The van der Waals surface area contributed by atoms with Crippen molar-refractivity contribution in [3.8, 4) is 0 Å². The molecule has 0 saturated carbocycles. The van der Waals surface area contributed by atoms with Crippen molar-refractivity contribution in [2.45, 2.75) is 25.7 Å². The number of rotatable bonds is 2. The van der Waals surface area contributed by atoms with Gasteiger partial charge in [-0.15, -0.1) is 5.73 Å². The van der Waals surface area contributed by atoms with Gasteiger partial charge < -0.3 is 5.73 Å². The first-order valence-corrected chi connectivity index (χ1v) is 10.3. The second-order valence-electron chi connectivity index (χ2n) is 8.63. The van der Waals surface area contributed by atoms with Gasteiger partial charge in [0.25, 0.3) is 0 Å². The van der Waals surface area contributed by atoms with Crippen LogP contribution in [0.2, 0.25) is 0 Å². The van der Waals surface area contributed by atoms with Gasteiger partial charge in [0, 0.05) is 17.3 Å². The number of nitrogens with two attached hydrogens (primary N) is 1. The van der Waals surface area contributed by atoms with Crippen LogP contribution in [0.3, 0.4) is 0 Å². The Bertz CT molecular complexity index is 1180. The van der Waals surface area contributed by atoms with E-state index in [9.17, 15) is 0 Å². The average Bonchev–Trinajstić information content (AvgIpc) is 2.86. The van der Waals surface area contributed by atoms with E-state index in [1.54, 1.807) is 0 Å². The normalized spacial score (nSPS) is 21.7. The molecule has 2 aromatic rings. The zero-order valence-electron chi connectivity index (χ0n) is 16.9. The predicted octanol–water partition coefficient (Wildman–Crippen LogP) is 6.33. The number of benzene rings is 2. The highest BCUT2D eigenvalue weighted by molar-refractivity contribution is 5.83. The van der Waals surface area contributed by atoms with Gasteiger partial charge in [0.15, 0.2) is 0 Å². The molecule has 2 aromatic carbocycles. The van der Waals surface area contributed by atoms with E-state index in [-0.39, 0.29) is 5.41 Å². The van der Waals surface area contributed by atoms with Crippen LogP contribution in [-0.2, 0) is 5.41 Å². The third-order valence-corrected chi connectivity index (χ3v) is 6.50. The van der Waals surface area contributed by atoms with Crippen molar-refractivity contribution in [3.05, 3.63) is 124 Å². The van der Waals surface area contributed by atoms with Crippen molar-refractivity contribution in [2.24, 2.45) is 11.7 Å². The summed E-state index contributed by atoms with van der Waals surface area (Å²) in [5, 5.41) is 0. The summed E-state index contributed by atoms with van der Waals surface area (Å²) in [5.41, 5.74) is 19.4. The van der Waals surface area contributed by atoms with Crippen LogP contribution in [0.4, 0.5) is 0 Å². The Kier molecular flexibility index (Phi) is 4.08. The third-order valence-electron chi connectivity index (χ3n) is 6.50. The fourth-order valence-electron chi connectivity index (χ4n) is 4.91. The van der Waals surface area contributed by atoms with Crippen molar-refractivity contribution in [1.82, 2.24) is 0 Å². The maximum absolute atomic E-state index is 6.24. The topological polar surface area (TPSA) is 26.0 Å². The standard InChI is InChI=1S/C28H25N/c1-28(2)26-11-7-6-10-24(26)25-18-21(13-15-27(25)28)22-16-20(12-14-23(29)17-22)19-8-4-3-5-9-19/h3-11,13-14,16-18,27H,15,29H2,1-2H3. The van der Waals surface area contributed by atoms with Gasteiger partial charge in [-0.3, -0.25) is 0 Å². The second kappa shape index (κ2) is 6.65. The molecule has 0 bridgehead atoms. The SMILES string of the molecule is CC1(C)c2ccccc2C2=CC(C3=CC(c4ccccc4)=C=CC(N)=C3)=CCC21. The first-order chi connectivity index (χ1) is 14.0. The molecule has 0 aliphatic heterocycles. The Labute approximate surface area is 173 Å². The van der Waals surface area contributed by atoms with Crippen LogP contribution in [0.1, 0.15) is 37.0 Å². The lowest BCUT2D eigenvalue weighted by atomic mass is 9.73. The van der Waals surface area contributed by atoms with Crippen LogP contribution in [0, 0.1) is 5.92 Å². The number of allylic oxidation sites excluding steroid dienone is 8. The molecule has 1 atom stereocenters. The molecular formula is C28H25N. The molecule has 5 rings (SSSR count). The monoisotopic (exact) mass is 375 g/mol. The van der Waals surface area contributed by atoms with Gasteiger partial charge in [0.1, 0.15) is 0 Å². The van der Waals surface area contributed by atoms with E-state index in [4.69, 9.17) is 5.73 Å². The van der Waals surface area contributed by atoms with Gasteiger partial charge in [-0.2, -0.15) is 0 Å². The molecule has 1 unspecified atom stereocenters. The molecular weight excluding hydrogens is 350 g/mol. The average molecular weight is 376 g/mol. The maximum Gasteiger partial charge on any atom is 0.0398 e. The van der Waals surface area contributed by atoms with Gasteiger partial charge >= 0.3 is 0 Å². The smallest absolute Gasteiger partial charge is 0.0398 e. The molecule has 0 saturated heterocycles. The van der Waals surface area contributed by atoms with Crippen molar-refractivity contribution >= 4 is 11.1 Å². The molecule has 3 aliphatic rings. The van der Waals surface area contributed by atoms with E-state index in [1.165, 1.54) is 22.3 Å². The van der Waals surface area contributed by atoms with Crippen LogP contribution in [-0.4, -0.2) is 0 Å². The van der Waals surface area contributed by atoms with Crippen LogP contribution < -0.4 is 5.73 Å². The molecule has 0 spiro atoms. The van der Waals surface area contributed by atoms with Gasteiger partial charge in [0.2, 0.25) is 0 Å². The maximum atomic E-state index is 6.24. The van der Waals surface area contributed by atoms with E-state index >= 15 is 0 Å². The Hall–Kier alpha value is -3.28. The van der Waals surface area contributed by atoms with Crippen LogP contribution >= 0.6 is 0 Å². The molecule has 0 aromatic heterocycles. The minimum atomic E-state index is 0.161. The van der Waals surface area contributed by atoms with Crippen LogP contribution in [0.15, 0.2) is 108 Å². The first kappa shape index (κ1) is 17.8. The lowest BCUT2D eigenvalue weighted by molar-refractivity contribution is 0.414. The van der Waals surface area contributed by atoms with Crippen molar-refractivity contribution in [3.63, 3.8) is 0 Å².